The molecule has 0 aromatic rings. The summed E-state index contributed by atoms with van der Waals surface area (Å²) in [6.07, 6.45) is 8.07. The summed E-state index contributed by atoms with van der Waals surface area (Å²) in [5, 5.41) is 0. The monoisotopic (exact) mass is 222 g/mol. The Morgan fingerprint density at radius 1 is 1.31 bits per heavy atom. The fourth-order valence-electron chi connectivity index (χ4n) is 4.00. The van der Waals surface area contributed by atoms with Gasteiger partial charge in [0.2, 0.25) is 0 Å². The van der Waals surface area contributed by atoms with Crippen molar-refractivity contribution in [2.24, 2.45) is 23.2 Å². The lowest BCUT2D eigenvalue weighted by atomic mass is 9.57. The first-order valence-corrected chi connectivity index (χ1v) is 6.81. The Morgan fingerprint density at radius 3 is 2.69 bits per heavy atom. The van der Waals surface area contributed by atoms with Crippen molar-refractivity contribution in [1.29, 1.82) is 0 Å². The Hall–Kier alpha value is -0.530. The summed E-state index contributed by atoms with van der Waals surface area (Å²) in [5.74, 6) is 1.62. The van der Waals surface area contributed by atoms with Crippen molar-refractivity contribution in [2.75, 3.05) is 0 Å². The molecule has 2 saturated carbocycles. The predicted octanol–water partition coefficient (Wildman–Crippen LogP) is 3.15. The van der Waals surface area contributed by atoms with Crippen molar-refractivity contribution >= 4 is 5.97 Å². The molecule has 0 radical (unpaired) electrons. The zero-order valence-corrected chi connectivity index (χ0v) is 10.4. The van der Waals surface area contributed by atoms with Crippen molar-refractivity contribution < 1.29 is 9.53 Å². The maximum atomic E-state index is 11.6. The molecule has 4 unspecified atom stereocenters. The van der Waals surface area contributed by atoms with E-state index in [9.17, 15) is 4.79 Å². The highest BCUT2D eigenvalue weighted by atomic mass is 16.6. The predicted molar refractivity (Wildman–Crippen MR) is 61.8 cm³/mol. The molecule has 1 aliphatic heterocycles. The van der Waals surface area contributed by atoms with Gasteiger partial charge in [-0.1, -0.05) is 20.3 Å². The third-order valence-electron chi connectivity index (χ3n) is 5.57. The van der Waals surface area contributed by atoms with Gasteiger partial charge in [-0.25, -0.2) is 0 Å². The second-order valence-electron chi connectivity index (χ2n) is 6.45. The van der Waals surface area contributed by atoms with Crippen molar-refractivity contribution in [2.45, 2.75) is 58.5 Å². The molecule has 0 bridgehead atoms. The van der Waals surface area contributed by atoms with Crippen LogP contribution in [-0.4, -0.2) is 12.1 Å². The second kappa shape index (κ2) is 3.48. The Morgan fingerprint density at radius 2 is 2.06 bits per heavy atom. The summed E-state index contributed by atoms with van der Waals surface area (Å²) in [6.45, 7) is 4.46. The fourth-order valence-corrected chi connectivity index (χ4v) is 4.00. The maximum Gasteiger partial charge on any atom is 0.309 e. The van der Waals surface area contributed by atoms with Crippen LogP contribution in [0.1, 0.15) is 52.4 Å². The molecule has 1 heterocycles. The fraction of sp³-hybridized carbons (Fsp3) is 0.929. The number of rotatable bonds is 1. The molecule has 3 rings (SSSR count). The number of carbonyl (C=O) groups excluding carboxylic acids is 1. The molecule has 3 aliphatic rings. The Kier molecular flexibility index (Phi) is 2.31. The molecule has 4 atom stereocenters. The number of hydrogen-bond donors (Lipinski definition) is 0. The molecule has 0 aromatic heterocycles. The van der Waals surface area contributed by atoms with Gasteiger partial charge in [0.15, 0.2) is 0 Å². The van der Waals surface area contributed by atoms with E-state index in [4.69, 9.17) is 4.74 Å². The summed E-state index contributed by atoms with van der Waals surface area (Å²) in [5.41, 5.74) is 0.462. The van der Waals surface area contributed by atoms with Gasteiger partial charge in [-0.2, -0.15) is 0 Å². The van der Waals surface area contributed by atoms with Crippen molar-refractivity contribution in [3.8, 4) is 0 Å². The normalized spacial score (nSPS) is 48.4. The largest absolute Gasteiger partial charge is 0.462 e. The van der Waals surface area contributed by atoms with E-state index < -0.39 is 0 Å². The van der Waals surface area contributed by atoms with E-state index >= 15 is 0 Å². The first-order valence-electron chi connectivity index (χ1n) is 6.81. The Bertz CT molecular complexity index is 308. The van der Waals surface area contributed by atoms with Gasteiger partial charge in [-0.05, 0) is 43.4 Å². The number of hydrogen-bond acceptors (Lipinski definition) is 2. The summed E-state index contributed by atoms with van der Waals surface area (Å²) >= 11 is 0. The van der Waals surface area contributed by atoms with Crippen LogP contribution in [-0.2, 0) is 9.53 Å². The molecule has 90 valence electrons. The third-order valence-corrected chi connectivity index (χ3v) is 5.57. The van der Waals surface area contributed by atoms with E-state index in [1.807, 2.05) is 6.92 Å². The van der Waals surface area contributed by atoms with Crippen LogP contribution in [0.2, 0.25) is 0 Å². The van der Waals surface area contributed by atoms with Gasteiger partial charge < -0.3 is 4.74 Å². The van der Waals surface area contributed by atoms with Crippen LogP contribution in [0.25, 0.3) is 0 Å². The van der Waals surface area contributed by atoms with E-state index in [0.717, 1.165) is 12.3 Å². The van der Waals surface area contributed by atoms with Gasteiger partial charge in [0.1, 0.15) is 6.10 Å². The van der Waals surface area contributed by atoms with Gasteiger partial charge in [-0.15, -0.1) is 0 Å². The van der Waals surface area contributed by atoms with Crippen LogP contribution in [0.4, 0.5) is 0 Å². The Balaban J connectivity index is 1.73. The lowest BCUT2D eigenvalue weighted by Crippen LogP contribution is -2.41. The maximum absolute atomic E-state index is 11.6. The molecule has 1 saturated heterocycles. The van der Waals surface area contributed by atoms with Crippen LogP contribution < -0.4 is 0 Å². The first-order chi connectivity index (χ1) is 7.60. The average molecular weight is 222 g/mol. The molecule has 2 heteroatoms. The summed E-state index contributed by atoms with van der Waals surface area (Å²) in [4.78, 5) is 11.6. The van der Waals surface area contributed by atoms with E-state index in [1.165, 1.54) is 32.1 Å². The minimum absolute atomic E-state index is 0.0489. The second-order valence-corrected chi connectivity index (χ2v) is 6.45. The number of carbonyl (C=O) groups is 1. The minimum atomic E-state index is 0.0489. The minimum Gasteiger partial charge on any atom is -0.462 e. The van der Waals surface area contributed by atoms with Crippen LogP contribution in [0.3, 0.4) is 0 Å². The SMILES string of the molecule is CC1C(=O)OC2CC(C)(C3CCC3)CCC21. The zero-order chi connectivity index (χ0) is 11.3. The van der Waals surface area contributed by atoms with E-state index in [-0.39, 0.29) is 18.0 Å². The summed E-state index contributed by atoms with van der Waals surface area (Å²) < 4.78 is 5.55. The van der Waals surface area contributed by atoms with E-state index in [2.05, 4.69) is 6.92 Å². The molecular weight excluding hydrogens is 200 g/mol. The molecule has 3 fully saturated rings. The highest BCUT2D eigenvalue weighted by Gasteiger charge is 2.51. The van der Waals surface area contributed by atoms with Crippen LogP contribution in [0, 0.1) is 23.2 Å². The van der Waals surface area contributed by atoms with Gasteiger partial charge in [0.05, 0.1) is 5.92 Å². The molecule has 0 spiro atoms. The molecule has 0 amide bonds. The standard InChI is InChI=1S/C14H22O2/c1-9-11-6-7-14(2,10-4-3-5-10)8-12(11)16-13(9)15/h9-12H,3-8H2,1-2H3. The average Bonchev–Trinajstić information content (AvgIpc) is 2.38. The van der Waals surface area contributed by atoms with Crippen molar-refractivity contribution in [1.82, 2.24) is 0 Å². The highest BCUT2D eigenvalue weighted by Crippen LogP contribution is 2.54. The van der Waals surface area contributed by atoms with Gasteiger partial charge in [0, 0.05) is 5.92 Å². The van der Waals surface area contributed by atoms with Crippen LogP contribution in [0.5, 0.6) is 0 Å². The molecule has 16 heavy (non-hydrogen) atoms. The molecule has 2 aliphatic carbocycles. The van der Waals surface area contributed by atoms with Crippen LogP contribution >= 0.6 is 0 Å². The summed E-state index contributed by atoms with van der Waals surface area (Å²) in [6, 6.07) is 0. The molecule has 0 N–H and O–H groups in total. The molecule has 0 aromatic carbocycles. The van der Waals surface area contributed by atoms with E-state index in [0.29, 0.717) is 11.3 Å². The van der Waals surface area contributed by atoms with Crippen molar-refractivity contribution in [3.63, 3.8) is 0 Å². The van der Waals surface area contributed by atoms with Crippen molar-refractivity contribution in [3.05, 3.63) is 0 Å². The van der Waals surface area contributed by atoms with E-state index in [1.54, 1.807) is 0 Å². The van der Waals surface area contributed by atoms with Crippen LogP contribution in [0.15, 0.2) is 0 Å². The Labute approximate surface area is 97.7 Å². The third kappa shape index (κ3) is 1.42. The topological polar surface area (TPSA) is 26.3 Å². The first kappa shape index (κ1) is 10.6. The summed E-state index contributed by atoms with van der Waals surface area (Å²) in [7, 11) is 0. The number of ether oxygens (including phenoxy) is 1. The zero-order valence-electron chi connectivity index (χ0n) is 10.4. The quantitative estimate of drug-likeness (QED) is 0.637. The molecule has 2 nitrogen and oxygen atoms in total. The van der Waals surface area contributed by atoms with Gasteiger partial charge in [-0.3, -0.25) is 4.79 Å². The smallest absolute Gasteiger partial charge is 0.309 e. The van der Waals surface area contributed by atoms with Gasteiger partial charge in [0.25, 0.3) is 0 Å². The lowest BCUT2D eigenvalue weighted by Gasteiger charge is -2.48. The number of esters is 1. The highest BCUT2D eigenvalue weighted by molar-refractivity contribution is 5.74. The van der Waals surface area contributed by atoms with Gasteiger partial charge >= 0.3 is 5.97 Å². The lowest BCUT2D eigenvalue weighted by molar-refractivity contribution is -0.146. The molecular formula is C14H22O2. The number of fused-ring (bicyclic) bond motifs is 1.